The molecule has 1 N–H and O–H groups in total. The van der Waals surface area contributed by atoms with Gasteiger partial charge in [-0.1, -0.05) is 23.8 Å². The number of hydrogen-bond acceptors (Lipinski definition) is 2. The maximum absolute atomic E-state index is 4.06. The molecule has 0 amide bonds. The normalized spacial score (nSPS) is 14.0. The smallest absolute Gasteiger partial charge is 0.0297 e. The van der Waals surface area contributed by atoms with E-state index >= 15 is 0 Å². The second-order valence-corrected chi connectivity index (χ2v) is 5.71. The number of nitrogens with one attached hydrogen (secondary N) is 1. The molecule has 0 fully saturated rings. The Bertz CT molecular complexity index is 549. The summed E-state index contributed by atoms with van der Waals surface area (Å²) in [5.74, 6) is 0. The lowest BCUT2D eigenvalue weighted by molar-refractivity contribution is 0.475. The fourth-order valence-corrected chi connectivity index (χ4v) is 2.67. The Morgan fingerprint density at radius 3 is 2.45 bits per heavy atom. The highest BCUT2D eigenvalue weighted by Crippen LogP contribution is 2.19. The van der Waals surface area contributed by atoms with E-state index < -0.39 is 0 Å². The standard InChI is InChI=1S/C18H24N2/c1-13-5-6-14(2)18(11-13)16(4)20-15(3)12-17-7-9-19-10-8-17/h5-11,15-16,20H,12H2,1-4H3. The fourth-order valence-electron chi connectivity index (χ4n) is 2.67. The van der Waals surface area contributed by atoms with E-state index in [9.17, 15) is 0 Å². The summed E-state index contributed by atoms with van der Waals surface area (Å²) in [5.41, 5.74) is 5.40. The Morgan fingerprint density at radius 1 is 1.05 bits per heavy atom. The number of hydrogen-bond donors (Lipinski definition) is 1. The summed E-state index contributed by atoms with van der Waals surface area (Å²) in [5, 5.41) is 3.69. The van der Waals surface area contributed by atoms with E-state index in [1.54, 1.807) is 0 Å². The highest BCUT2D eigenvalue weighted by Gasteiger charge is 2.12. The average Bonchev–Trinajstić information content (AvgIpc) is 2.42. The average molecular weight is 268 g/mol. The van der Waals surface area contributed by atoms with E-state index in [0.717, 1.165) is 6.42 Å². The topological polar surface area (TPSA) is 24.9 Å². The molecule has 2 nitrogen and oxygen atoms in total. The van der Waals surface area contributed by atoms with Crippen molar-refractivity contribution in [2.45, 2.75) is 46.2 Å². The summed E-state index contributed by atoms with van der Waals surface area (Å²) in [6.45, 7) is 8.81. The SMILES string of the molecule is Cc1ccc(C)c(C(C)NC(C)Cc2ccncc2)c1. The summed E-state index contributed by atoms with van der Waals surface area (Å²) in [6, 6.07) is 11.6. The van der Waals surface area contributed by atoms with Crippen molar-refractivity contribution in [3.05, 3.63) is 65.0 Å². The molecule has 2 unspecified atom stereocenters. The minimum Gasteiger partial charge on any atom is -0.307 e. The van der Waals surface area contributed by atoms with Gasteiger partial charge in [-0.2, -0.15) is 0 Å². The molecule has 0 aliphatic rings. The molecule has 2 rings (SSSR count). The number of aromatic nitrogens is 1. The molecule has 0 saturated heterocycles. The predicted molar refractivity (Wildman–Crippen MR) is 84.9 cm³/mol. The molecule has 0 aliphatic heterocycles. The molecule has 2 aromatic rings. The summed E-state index contributed by atoms with van der Waals surface area (Å²) in [4.78, 5) is 4.06. The van der Waals surface area contributed by atoms with Crippen molar-refractivity contribution in [3.63, 3.8) is 0 Å². The van der Waals surface area contributed by atoms with Gasteiger partial charge in [-0.25, -0.2) is 0 Å². The van der Waals surface area contributed by atoms with Crippen LogP contribution in [0.2, 0.25) is 0 Å². The van der Waals surface area contributed by atoms with Crippen molar-refractivity contribution in [1.82, 2.24) is 10.3 Å². The highest BCUT2D eigenvalue weighted by molar-refractivity contribution is 5.32. The van der Waals surface area contributed by atoms with Gasteiger partial charge in [0.05, 0.1) is 0 Å². The lowest BCUT2D eigenvalue weighted by Gasteiger charge is -2.22. The van der Waals surface area contributed by atoms with Gasteiger partial charge in [0.15, 0.2) is 0 Å². The first-order valence-electron chi connectivity index (χ1n) is 7.28. The zero-order valence-electron chi connectivity index (χ0n) is 12.9. The van der Waals surface area contributed by atoms with Gasteiger partial charge in [0.25, 0.3) is 0 Å². The van der Waals surface area contributed by atoms with Crippen LogP contribution in [-0.4, -0.2) is 11.0 Å². The van der Waals surface area contributed by atoms with Crippen LogP contribution in [0, 0.1) is 13.8 Å². The quantitative estimate of drug-likeness (QED) is 0.887. The van der Waals surface area contributed by atoms with E-state index in [1.165, 1.54) is 22.3 Å². The minimum atomic E-state index is 0.367. The number of aryl methyl sites for hydroxylation is 2. The third-order valence-electron chi connectivity index (χ3n) is 3.73. The number of nitrogens with zero attached hydrogens (tertiary/aromatic N) is 1. The third-order valence-corrected chi connectivity index (χ3v) is 3.73. The van der Waals surface area contributed by atoms with Crippen LogP contribution in [0.5, 0.6) is 0 Å². The second-order valence-electron chi connectivity index (χ2n) is 5.71. The van der Waals surface area contributed by atoms with E-state index in [4.69, 9.17) is 0 Å². The molecule has 2 atom stereocenters. The van der Waals surface area contributed by atoms with Crippen molar-refractivity contribution >= 4 is 0 Å². The van der Waals surface area contributed by atoms with Crippen molar-refractivity contribution in [1.29, 1.82) is 0 Å². The van der Waals surface area contributed by atoms with Gasteiger partial charge in [-0.3, -0.25) is 4.98 Å². The molecule has 1 aromatic heterocycles. The second kappa shape index (κ2) is 6.67. The van der Waals surface area contributed by atoms with Crippen LogP contribution in [0.4, 0.5) is 0 Å². The molecule has 1 aromatic carbocycles. The molecule has 1 heterocycles. The molecular formula is C18H24N2. The van der Waals surface area contributed by atoms with E-state index in [2.05, 4.69) is 68.3 Å². The van der Waals surface area contributed by atoms with Gasteiger partial charge in [-0.05, 0) is 62.9 Å². The molecule has 0 aliphatic carbocycles. The van der Waals surface area contributed by atoms with Crippen LogP contribution in [0.15, 0.2) is 42.7 Å². The Morgan fingerprint density at radius 2 is 1.75 bits per heavy atom. The number of rotatable bonds is 5. The third kappa shape index (κ3) is 3.91. The summed E-state index contributed by atoms with van der Waals surface area (Å²) < 4.78 is 0. The van der Waals surface area contributed by atoms with Crippen LogP contribution < -0.4 is 5.32 Å². The van der Waals surface area contributed by atoms with E-state index in [1.807, 2.05) is 12.4 Å². The Kier molecular flexibility index (Phi) is 4.91. The first-order valence-corrected chi connectivity index (χ1v) is 7.28. The van der Waals surface area contributed by atoms with Crippen LogP contribution >= 0.6 is 0 Å². The predicted octanol–water partition coefficient (Wildman–Crippen LogP) is 3.98. The van der Waals surface area contributed by atoms with Crippen molar-refractivity contribution in [2.24, 2.45) is 0 Å². The van der Waals surface area contributed by atoms with Gasteiger partial charge >= 0.3 is 0 Å². The summed E-state index contributed by atoms with van der Waals surface area (Å²) in [7, 11) is 0. The highest BCUT2D eigenvalue weighted by atomic mass is 14.9. The maximum atomic E-state index is 4.06. The lowest BCUT2D eigenvalue weighted by Crippen LogP contribution is -2.31. The van der Waals surface area contributed by atoms with Crippen LogP contribution in [0.25, 0.3) is 0 Å². The Labute approximate surface area is 122 Å². The van der Waals surface area contributed by atoms with Crippen molar-refractivity contribution in [3.8, 4) is 0 Å². The zero-order valence-corrected chi connectivity index (χ0v) is 12.9. The lowest BCUT2D eigenvalue weighted by atomic mass is 9.98. The number of benzene rings is 1. The number of pyridine rings is 1. The van der Waals surface area contributed by atoms with Crippen LogP contribution in [0.3, 0.4) is 0 Å². The van der Waals surface area contributed by atoms with E-state index in [-0.39, 0.29) is 0 Å². The van der Waals surface area contributed by atoms with Gasteiger partial charge in [0.1, 0.15) is 0 Å². The van der Waals surface area contributed by atoms with Crippen molar-refractivity contribution < 1.29 is 0 Å². The largest absolute Gasteiger partial charge is 0.307 e. The molecule has 0 saturated carbocycles. The van der Waals surface area contributed by atoms with Crippen LogP contribution in [0.1, 0.15) is 42.1 Å². The Hall–Kier alpha value is -1.67. The fraction of sp³-hybridized carbons (Fsp3) is 0.389. The van der Waals surface area contributed by atoms with Gasteiger partial charge in [-0.15, -0.1) is 0 Å². The molecule has 0 spiro atoms. The van der Waals surface area contributed by atoms with E-state index in [0.29, 0.717) is 12.1 Å². The molecule has 0 radical (unpaired) electrons. The first kappa shape index (κ1) is 14.7. The molecular weight excluding hydrogens is 244 g/mol. The summed E-state index contributed by atoms with van der Waals surface area (Å²) in [6.07, 6.45) is 4.74. The maximum Gasteiger partial charge on any atom is 0.0297 e. The molecule has 0 bridgehead atoms. The zero-order chi connectivity index (χ0) is 14.5. The van der Waals surface area contributed by atoms with Gasteiger partial charge in [0.2, 0.25) is 0 Å². The van der Waals surface area contributed by atoms with Gasteiger partial charge in [0, 0.05) is 24.5 Å². The monoisotopic (exact) mass is 268 g/mol. The molecule has 106 valence electrons. The van der Waals surface area contributed by atoms with Gasteiger partial charge < -0.3 is 5.32 Å². The van der Waals surface area contributed by atoms with Crippen molar-refractivity contribution in [2.75, 3.05) is 0 Å². The molecule has 2 heteroatoms. The Balaban J connectivity index is 2.00. The molecule has 20 heavy (non-hydrogen) atoms. The first-order chi connectivity index (χ1) is 9.56. The van der Waals surface area contributed by atoms with Crippen LogP contribution in [-0.2, 0) is 6.42 Å². The summed E-state index contributed by atoms with van der Waals surface area (Å²) >= 11 is 0. The minimum absolute atomic E-state index is 0.367.